The number of benzene rings is 2. The van der Waals surface area contributed by atoms with E-state index in [9.17, 15) is 4.79 Å². The first-order chi connectivity index (χ1) is 11.7. The fourth-order valence-electron chi connectivity index (χ4n) is 2.40. The Morgan fingerprint density at radius 2 is 1.88 bits per heavy atom. The Morgan fingerprint density at radius 3 is 2.67 bits per heavy atom. The summed E-state index contributed by atoms with van der Waals surface area (Å²) in [7, 11) is 0. The van der Waals surface area contributed by atoms with Crippen LogP contribution in [0.2, 0.25) is 0 Å². The van der Waals surface area contributed by atoms with E-state index in [2.05, 4.69) is 5.32 Å². The lowest BCUT2D eigenvalue weighted by Gasteiger charge is -2.14. The maximum absolute atomic E-state index is 12.3. The molecule has 2 aromatic rings. The summed E-state index contributed by atoms with van der Waals surface area (Å²) < 4.78 is 11.3. The molecular weight excluding hydrogens is 322 g/mol. The first-order valence-corrected chi connectivity index (χ1v) is 8.98. The molecule has 0 saturated carbocycles. The zero-order valence-corrected chi connectivity index (χ0v) is 14.5. The summed E-state index contributed by atoms with van der Waals surface area (Å²) in [5, 5.41) is 2.79. The number of carbonyl (C=O) groups excluding carboxylic acids is 1. The highest BCUT2D eigenvalue weighted by Crippen LogP contribution is 2.35. The molecule has 4 nitrogen and oxygen atoms in total. The van der Waals surface area contributed by atoms with Gasteiger partial charge in [-0.2, -0.15) is 0 Å². The van der Waals surface area contributed by atoms with Gasteiger partial charge in [0.15, 0.2) is 11.5 Å². The van der Waals surface area contributed by atoms with E-state index in [1.54, 1.807) is 0 Å². The van der Waals surface area contributed by atoms with Crippen molar-refractivity contribution in [2.75, 3.05) is 13.2 Å². The molecule has 1 heterocycles. The maximum atomic E-state index is 12.3. The van der Waals surface area contributed by atoms with Gasteiger partial charge < -0.3 is 14.8 Å². The minimum Gasteiger partial charge on any atom is -0.490 e. The summed E-state index contributed by atoms with van der Waals surface area (Å²) in [6, 6.07) is 15.7. The third kappa shape index (κ3) is 4.45. The van der Waals surface area contributed by atoms with Crippen LogP contribution in [0.25, 0.3) is 0 Å². The van der Waals surface area contributed by atoms with Gasteiger partial charge in [0.2, 0.25) is 5.91 Å². The molecule has 0 radical (unpaired) electrons. The van der Waals surface area contributed by atoms with Gasteiger partial charge in [-0.05, 0) is 30.7 Å². The number of amides is 1. The Bertz CT molecular complexity index is 690. The van der Waals surface area contributed by atoms with Gasteiger partial charge in [0.05, 0.1) is 18.5 Å². The summed E-state index contributed by atoms with van der Waals surface area (Å²) >= 11 is 1.52. The molecule has 1 aliphatic heterocycles. The van der Waals surface area contributed by atoms with Crippen LogP contribution in [-0.4, -0.2) is 24.4 Å². The summed E-state index contributed by atoms with van der Waals surface area (Å²) in [5.41, 5.74) is 1.10. The van der Waals surface area contributed by atoms with Crippen molar-refractivity contribution in [2.24, 2.45) is 0 Å². The van der Waals surface area contributed by atoms with Gasteiger partial charge in [0.1, 0.15) is 0 Å². The molecule has 0 spiro atoms. The second kappa shape index (κ2) is 8.11. The first kappa shape index (κ1) is 16.7. The van der Waals surface area contributed by atoms with Gasteiger partial charge in [-0.1, -0.05) is 30.3 Å². The molecule has 0 aromatic heterocycles. The van der Waals surface area contributed by atoms with Gasteiger partial charge >= 0.3 is 0 Å². The van der Waals surface area contributed by atoms with Crippen LogP contribution in [0.1, 0.15) is 18.9 Å². The lowest BCUT2D eigenvalue weighted by atomic mass is 10.2. The van der Waals surface area contributed by atoms with Crippen molar-refractivity contribution in [2.45, 2.75) is 30.0 Å². The molecule has 3 rings (SSSR count). The lowest BCUT2D eigenvalue weighted by Crippen LogP contribution is -2.30. The Labute approximate surface area is 146 Å². The van der Waals surface area contributed by atoms with E-state index in [-0.39, 0.29) is 11.2 Å². The predicted octanol–water partition coefficient (Wildman–Crippen LogP) is 3.64. The number of hydrogen-bond donors (Lipinski definition) is 1. The molecule has 1 atom stereocenters. The second-order valence-corrected chi connectivity index (χ2v) is 7.04. The Morgan fingerprint density at radius 1 is 1.12 bits per heavy atom. The number of ether oxygens (including phenoxy) is 2. The Hall–Kier alpha value is -2.14. The first-order valence-electron chi connectivity index (χ1n) is 8.10. The number of thioether (sulfide) groups is 1. The average Bonchev–Trinajstić information content (AvgIpc) is 2.85. The van der Waals surface area contributed by atoms with E-state index >= 15 is 0 Å². The van der Waals surface area contributed by atoms with E-state index in [0.717, 1.165) is 28.4 Å². The van der Waals surface area contributed by atoms with Crippen LogP contribution < -0.4 is 14.8 Å². The minimum atomic E-state index is -0.182. The number of nitrogens with one attached hydrogen (secondary N) is 1. The minimum absolute atomic E-state index is 0.0240. The van der Waals surface area contributed by atoms with Crippen LogP contribution in [0, 0.1) is 0 Å². The monoisotopic (exact) mass is 343 g/mol. The van der Waals surface area contributed by atoms with Crippen molar-refractivity contribution in [3.8, 4) is 11.5 Å². The largest absolute Gasteiger partial charge is 0.490 e. The molecule has 2 aromatic carbocycles. The standard InChI is InChI=1S/C19H21NO3S/c1-14(19(21)20-13-15-6-3-2-4-7-15)24-16-8-9-17-18(12-16)23-11-5-10-22-17/h2-4,6-9,12,14H,5,10-11,13H2,1H3,(H,20,21)/t14-/m1/s1. The van der Waals surface area contributed by atoms with Crippen LogP contribution >= 0.6 is 11.8 Å². The molecule has 24 heavy (non-hydrogen) atoms. The van der Waals surface area contributed by atoms with Crippen molar-refractivity contribution in [3.63, 3.8) is 0 Å². The second-order valence-electron chi connectivity index (χ2n) is 5.62. The van der Waals surface area contributed by atoms with Gasteiger partial charge in [-0.15, -0.1) is 11.8 Å². The number of hydrogen-bond acceptors (Lipinski definition) is 4. The quantitative estimate of drug-likeness (QED) is 0.842. The van der Waals surface area contributed by atoms with Crippen molar-refractivity contribution in [1.82, 2.24) is 5.32 Å². The van der Waals surface area contributed by atoms with Crippen molar-refractivity contribution < 1.29 is 14.3 Å². The molecule has 0 aliphatic carbocycles. The van der Waals surface area contributed by atoms with Crippen molar-refractivity contribution >= 4 is 17.7 Å². The van der Waals surface area contributed by atoms with Gasteiger partial charge in [0, 0.05) is 17.9 Å². The highest BCUT2D eigenvalue weighted by molar-refractivity contribution is 8.00. The topological polar surface area (TPSA) is 47.6 Å². The molecule has 0 unspecified atom stereocenters. The molecular formula is C19H21NO3S. The molecule has 0 saturated heterocycles. The fraction of sp³-hybridized carbons (Fsp3) is 0.316. The summed E-state index contributed by atoms with van der Waals surface area (Å²) in [5.74, 6) is 1.56. The van der Waals surface area contributed by atoms with Crippen LogP contribution in [0.5, 0.6) is 11.5 Å². The molecule has 1 aliphatic rings. The van der Waals surface area contributed by atoms with Crippen LogP contribution in [-0.2, 0) is 11.3 Å². The van der Waals surface area contributed by atoms with Crippen molar-refractivity contribution in [3.05, 3.63) is 54.1 Å². The third-order valence-electron chi connectivity index (χ3n) is 3.71. The smallest absolute Gasteiger partial charge is 0.233 e. The van der Waals surface area contributed by atoms with E-state index in [1.807, 2.05) is 55.5 Å². The normalized spacial score (nSPS) is 14.5. The lowest BCUT2D eigenvalue weighted by molar-refractivity contribution is -0.120. The van der Waals surface area contributed by atoms with Gasteiger partial charge in [-0.3, -0.25) is 4.79 Å². The van der Waals surface area contributed by atoms with Crippen LogP contribution in [0.15, 0.2) is 53.4 Å². The molecule has 5 heteroatoms. The maximum Gasteiger partial charge on any atom is 0.233 e. The third-order valence-corrected chi connectivity index (χ3v) is 4.80. The molecule has 0 bridgehead atoms. The molecule has 1 amide bonds. The van der Waals surface area contributed by atoms with Gasteiger partial charge in [-0.25, -0.2) is 0 Å². The van der Waals surface area contributed by atoms with Crippen LogP contribution in [0.4, 0.5) is 0 Å². The number of fused-ring (bicyclic) bond motifs is 1. The summed E-state index contributed by atoms with van der Waals surface area (Å²) in [6.07, 6.45) is 0.884. The number of rotatable bonds is 5. The zero-order chi connectivity index (χ0) is 16.8. The average molecular weight is 343 g/mol. The van der Waals surface area contributed by atoms with E-state index < -0.39 is 0 Å². The van der Waals surface area contributed by atoms with E-state index in [0.29, 0.717) is 19.8 Å². The number of carbonyl (C=O) groups is 1. The Kier molecular flexibility index (Phi) is 5.64. The highest BCUT2D eigenvalue weighted by atomic mass is 32.2. The molecule has 0 fully saturated rings. The summed E-state index contributed by atoms with van der Waals surface area (Å²) in [4.78, 5) is 13.3. The van der Waals surface area contributed by atoms with Crippen molar-refractivity contribution in [1.29, 1.82) is 0 Å². The molecule has 126 valence electrons. The summed E-state index contributed by atoms with van der Waals surface area (Å²) in [6.45, 7) is 3.80. The highest BCUT2D eigenvalue weighted by Gasteiger charge is 2.16. The molecule has 1 N–H and O–H groups in total. The van der Waals surface area contributed by atoms with E-state index in [4.69, 9.17) is 9.47 Å². The Balaban J connectivity index is 1.57. The van der Waals surface area contributed by atoms with E-state index in [1.165, 1.54) is 11.8 Å². The fourth-order valence-corrected chi connectivity index (χ4v) is 3.32. The zero-order valence-electron chi connectivity index (χ0n) is 13.7. The predicted molar refractivity (Wildman–Crippen MR) is 95.7 cm³/mol. The SMILES string of the molecule is C[C@@H](Sc1ccc2c(c1)OCCCO2)C(=O)NCc1ccccc1. The van der Waals surface area contributed by atoms with Gasteiger partial charge in [0.25, 0.3) is 0 Å². The van der Waals surface area contributed by atoms with Crippen LogP contribution in [0.3, 0.4) is 0 Å².